The molecule has 0 amide bonds. The molecule has 0 aliphatic carbocycles. The Bertz CT molecular complexity index is 419. The molecule has 0 aromatic carbocycles. The number of nitrogens with two attached hydrogens (primary N) is 1. The van der Waals surface area contributed by atoms with Crippen LogP contribution in [0, 0.1) is 0 Å². The van der Waals surface area contributed by atoms with Gasteiger partial charge in [0.25, 0.3) is 0 Å². The lowest BCUT2D eigenvalue weighted by molar-refractivity contribution is 0.648. The van der Waals surface area contributed by atoms with Crippen LogP contribution in [0.2, 0.25) is 0 Å². The van der Waals surface area contributed by atoms with Crippen molar-refractivity contribution >= 4 is 54.5 Å². The average molecular weight is 368 g/mol. The highest BCUT2D eigenvalue weighted by molar-refractivity contribution is 9.13. The molecule has 2 aromatic heterocycles. The first-order valence-corrected chi connectivity index (χ1v) is 7.50. The van der Waals surface area contributed by atoms with Gasteiger partial charge in [-0.2, -0.15) is 11.3 Å². The first-order chi connectivity index (χ1) is 7.22. The van der Waals surface area contributed by atoms with Crippen molar-refractivity contribution in [2.45, 2.75) is 6.04 Å². The van der Waals surface area contributed by atoms with Crippen LogP contribution in [0.4, 0.5) is 0 Å². The number of hydrogen-bond donors (Lipinski definition) is 2. The fourth-order valence-corrected chi connectivity index (χ4v) is 4.15. The Labute approximate surface area is 113 Å². The second-order valence-corrected chi connectivity index (χ2v) is 6.96. The molecule has 0 saturated heterocycles. The van der Waals surface area contributed by atoms with E-state index in [1.165, 1.54) is 10.4 Å². The fraction of sp³-hybridized carbons (Fsp3) is 0.111. The van der Waals surface area contributed by atoms with Gasteiger partial charge in [0.1, 0.15) is 0 Å². The summed E-state index contributed by atoms with van der Waals surface area (Å²) in [7, 11) is 0. The zero-order valence-electron chi connectivity index (χ0n) is 7.54. The second kappa shape index (κ2) is 5.07. The van der Waals surface area contributed by atoms with Crippen molar-refractivity contribution in [3.8, 4) is 0 Å². The average Bonchev–Trinajstić information content (AvgIpc) is 2.80. The maximum Gasteiger partial charge on any atom is 0.0843 e. The zero-order chi connectivity index (χ0) is 10.8. The molecule has 0 radical (unpaired) electrons. The smallest absolute Gasteiger partial charge is 0.0843 e. The highest BCUT2D eigenvalue weighted by Gasteiger charge is 2.16. The lowest BCUT2D eigenvalue weighted by Crippen LogP contribution is -2.27. The van der Waals surface area contributed by atoms with Gasteiger partial charge in [0, 0.05) is 9.35 Å². The molecule has 0 aliphatic rings. The molecular formula is C9H8Br2N2S2. The van der Waals surface area contributed by atoms with Crippen molar-refractivity contribution in [3.63, 3.8) is 0 Å². The molecule has 1 atom stereocenters. The molecule has 15 heavy (non-hydrogen) atoms. The van der Waals surface area contributed by atoms with Crippen molar-refractivity contribution in [2.24, 2.45) is 5.84 Å². The number of hydrazine groups is 1. The topological polar surface area (TPSA) is 38.0 Å². The van der Waals surface area contributed by atoms with Gasteiger partial charge in [0.2, 0.25) is 0 Å². The standard InChI is InChI=1S/C9H8Br2N2S2/c10-6-3-7(15-9(6)11)8(13-12)5-1-2-14-4-5/h1-4,8,13H,12H2. The van der Waals surface area contributed by atoms with E-state index in [9.17, 15) is 0 Å². The van der Waals surface area contributed by atoms with E-state index in [-0.39, 0.29) is 6.04 Å². The molecule has 2 nitrogen and oxygen atoms in total. The molecule has 0 aliphatic heterocycles. The molecule has 6 heteroatoms. The van der Waals surface area contributed by atoms with E-state index in [0.29, 0.717) is 0 Å². The van der Waals surface area contributed by atoms with Crippen molar-refractivity contribution in [1.29, 1.82) is 0 Å². The van der Waals surface area contributed by atoms with Crippen LogP contribution in [0.3, 0.4) is 0 Å². The summed E-state index contributed by atoms with van der Waals surface area (Å²) in [5.41, 5.74) is 4.03. The molecular weight excluding hydrogens is 360 g/mol. The van der Waals surface area contributed by atoms with Crippen LogP contribution in [0.1, 0.15) is 16.5 Å². The first kappa shape index (κ1) is 11.8. The van der Waals surface area contributed by atoms with Gasteiger partial charge in [-0.15, -0.1) is 11.3 Å². The number of thiophene rings is 2. The van der Waals surface area contributed by atoms with Gasteiger partial charge in [-0.1, -0.05) is 0 Å². The Balaban J connectivity index is 2.35. The van der Waals surface area contributed by atoms with E-state index in [2.05, 4.69) is 60.2 Å². The molecule has 2 rings (SSSR count). The highest BCUT2D eigenvalue weighted by atomic mass is 79.9. The number of hydrogen-bond acceptors (Lipinski definition) is 4. The second-order valence-electron chi connectivity index (χ2n) is 2.93. The van der Waals surface area contributed by atoms with Crippen molar-refractivity contribution < 1.29 is 0 Å². The maximum absolute atomic E-state index is 5.59. The van der Waals surface area contributed by atoms with Gasteiger partial charge in [0.05, 0.1) is 9.83 Å². The first-order valence-electron chi connectivity index (χ1n) is 4.15. The summed E-state index contributed by atoms with van der Waals surface area (Å²) in [6.07, 6.45) is 0. The highest BCUT2D eigenvalue weighted by Crippen LogP contribution is 2.37. The zero-order valence-corrected chi connectivity index (χ0v) is 12.3. The fourth-order valence-electron chi connectivity index (χ4n) is 1.29. The van der Waals surface area contributed by atoms with Gasteiger partial charge in [-0.3, -0.25) is 5.84 Å². The lowest BCUT2D eigenvalue weighted by atomic mass is 10.1. The van der Waals surface area contributed by atoms with Gasteiger partial charge in [0.15, 0.2) is 0 Å². The Morgan fingerprint density at radius 3 is 2.67 bits per heavy atom. The molecule has 3 N–H and O–H groups in total. The molecule has 0 bridgehead atoms. The minimum atomic E-state index is 0.0730. The predicted octanol–water partition coefficient (Wildman–Crippen LogP) is 3.89. The van der Waals surface area contributed by atoms with E-state index in [0.717, 1.165) is 8.26 Å². The van der Waals surface area contributed by atoms with E-state index in [1.54, 1.807) is 22.7 Å². The molecule has 0 spiro atoms. The Morgan fingerprint density at radius 2 is 2.20 bits per heavy atom. The third kappa shape index (κ3) is 2.51. The molecule has 80 valence electrons. The quantitative estimate of drug-likeness (QED) is 0.638. The van der Waals surface area contributed by atoms with Crippen LogP contribution in [0.15, 0.2) is 31.2 Å². The molecule has 2 aromatic rings. The van der Waals surface area contributed by atoms with Crippen molar-refractivity contribution in [3.05, 3.63) is 41.6 Å². The molecule has 1 unspecified atom stereocenters. The van der Waals surface area contributed by atoms with Crippen LogP contribution in [0.5, 0.6) is 0 Å². The van der Waals surface area contributed by atoms with Crippen LogP contribution < -0.4 is 11.3 Å². The van der Waals surface area contributed by atoms with Crippen LogP contribution >= 0.6 is 54.5 Å². The van der Waals surface area contributed by atoms with Gasteiger partial charge in [-0.05, 0) is 60.3 Å². The summed E-state index contributed by atoms with van der Waals surface area (Å²) >= 11 is 10.3. The van der Waals surface area contributed by atoms with Crippen LogP contribution in [-0.2, 0) is 0 Å². The maximum atomic E-state index is 5.59. The van der Waals surface area contributed by atoms with Gasteiger partial charge < -0.3 is 0 Å². The monoisotopic (exact) mass is 366 g/mol. The van der Waals surface area contributed by atoms with E-state index in [1.807, 2.05) is 0 Å². The summed E-state index contributed by atoms with van der Waals surface area (Å²) in [6, 6.07) is 4.23. The minimum Gasteiger partial charge on any atom is -0.271 e. The molecule has 0 saturated carbocycles. The summed E-state index contributed by atoms with van der Waals surface area (Å²) < 4.78 is 2.16. The normalized spacial score (nSPS) is 13.0. The summed E-state index contributed by atoms with van der Waals surface area (Å²) in [5.74, 6) is 5.59. The number of nitrogens with one attached hydrogen (secondary N) is 1. The third-order valence-corrected chi connectivity index (χ3v) is 6.01. The lowest BCUT2D eigenvalue weighted by Gasteiger charge is -2.11. The SMILES string of the molecule is NNC(c1ccsc1)c1cc(Br)c(Br)s1. The Hall–Kier alpha value is 0.280. The largest absolute Gasteiger partial charge is 0.271 e. The van der Waals surface area contributed by atoms with Gasteiger partial charge >= 0.3 is 0 Å². The summed E-state index contributed by atoms with van der Waals surface area (Å²) in [4.78, 5) is 1.19. The van der Waals surface area contributed by atoms with E-state index in [4.69, 9.17) is 5.84 Å². The van der Waals surface area contributed by atoms with Crippen LogP contribution in [0.25, 0.3) is 0 Å². The van der Waals surface area contributed by atoms with Crippen molar-refractivity contribution in [1.82, 2.24) is 5.43 Å². The number of rotatable bonds is 3. The van der Waals surface area contributed by atoms with E-state index >= 15 is 0 Å². The third-order valence-electron chi connectivity index (χ3n) is 1.99. The Kier molecular flexibility index (Phi) is 3.98. The molecule has 2 heterocycles. The van der Waals surface area contributed by atoms with E-state index < -0.39 is 0 Å². The van der Waals surface area contributed by atoms with Crippen LogP contribution in [-0.4, -0.2) is 0 Å². The Morgan fingerprint density at radius 1 is 1.40 bits per heavy atom. The summed E-state index contributed by atoms with van der Waals surface area (Å²) in [6.45, 7) is 0. The van der Waals surface area contributed by atoms with Gasteiger partial charge in [-0.25, -0.2) is 5.43 Å². The minimum absolute atomic E-state index is 0.0730. The number of halogens is 2. The predicted molar refractivity (Wildman–Crippen MR) is 73.2 cm³/mol. The summed E-state index contributed by atoms with van der Waals surface area (Å²) in [5, 5.41) is 4.16. The van der Waals surface area contributed by atoms with Crippen molar-refractivity contribution in [2.75, 3.05) is 0 Å². The molecule has 0 fully saturated rings.